The van der Waals surface area contributed by atoms with Crippen molar-refractivity contribution in [3.05, 3.63) is 70.8 Å². The molecule has 2 fully saturated rings. The third-order valence-corrected chi connectivity index (χ3v) is 7.46. The summed E-state index contributed by atoms with van der Waals surface area (Å²) in [5.41, 5.74) is 1.73. The summed E-state index contributed by atoms with van der Waals surface area (Å²) in [7, 11) is 0. The minimum Gasteiger partial charge on any atom is -0.385 e. The Balaban J connectivity index is 1.38. The molecule has 4 atom stereocenters. The molecule has 2 aromatic carbocycles. The Morgan fingerprint density at radius 2 is 1.56 bits per heavy atom. The highest BCUT2D eigenvalue weighted by Gasteiger charge is 2.49. The van der Waals surface area contributed by atoms with Gasteiger partial charge in [-0.2, -0.15) is 13.2 Å². The van der Waals surface area contributed by atoms with Gasteiger partial charge in [0.15, 0.2) is 0 Å². The molecule has 0 bridgehead atoms. The quantitative estimate of drug-likeness (QED) is 0.594. The van der Waals surface area contributed by atoms with Crippen molar-refractivity contribution < 1.29 is 18.3 Å². The summed E-state index contributed by atoms with van der Waals surface area (Å²) in [6, 6.07) is 14.1. The van der Waals surface area contributed by atoms with Crippen LogP contribution in [0.2, 0.25) is 0 Å². The van der Waals surface area contributed by atoms with Gasteiger partial charge in [-0.05, 0) is 58.8 Å². The third kappa shape index (κ3) is 4.74. The summed E-state index contributed by atoms with van der Waals surface area (Å²) >= 11 is 0. The molecule has 0 radical (unpaired) electrons. The van der Waals surface area contributed by atoms with E-state index in [0.29, 0.717) is 11.8 Å². The Morgan fingerprint density at radius 1 is 0.969 bits per heavy atom. The summed E-state index contributed by atoms with van der Waals surface area (Å²) < 4.78 is 39.2. The zero-order valence-corrected chi connectivity index (χ0v) is 19.4. The highest BCUT2D eigenvalue weighted by molar-refractivity contribution is 5.32. The van der Waals surface area contributed by atoms with Crippen LogP contribution in [0, 0.1) is 11.8 Å². The molecule has 2 aromatic rings. The molecule has 1 heterocycles. The SMILES string of the molecule is CC(CN1C[C@@H]2C[C@@](O)(c3ccc(C(C)(C)C)cc3)C[C@@H]2C1)c1cccc(C(F)(F)F)c1. The summed E-state index contributed by atoms with van der Waals surface area (Å²) in [6.45, 7) is 11.1. The van der Waals surface area contributed by atoms with Crippen molar-refractivity contribution in [1.82, 2.24) is 4.90 Å². The second-order valence-electron chi connectivity index (χ2n) is 11.0. The van der Waals surface area contributed by atoms with Gasteiger partial charge in [0.25, 0.3) is 0 Å². The lowest BCUT2D eigenvalue weighted by Crippen LogP contribution is -2.30. The zero-order chi connectivity index (χ0) is 23.3. The van der Waals surface area contributed by atoms with Gasteiger partial charge >= 0.3 is 6.18 Å². The number of benzene rings is 2. The maximum absolute atomic E-state index is 13.1. The van der Waals surface area contributed by atoms with Crippen LogP contribution >= 0.6 is 0 Å². The summed E-state index contributed by atoms with van der Waals surface area (Å²) in [5, 5.41) is 11.4. The van der Waals surface area contributed by atoms with E-state index in [2.05, 4.69) is 49.9 Å². The highest BCUT2D eigenvalue weighted by atomic mass is 19.4. The standard InChI is InChI=1S/C27H34F3NO/c1-18(19-6-5-7-24(12-19)27(28,29)30)15-31-16-20-13-26(32,14-21(20)17-31)23-10-8-22(9-11-23)25(2,3)4/h5-12,18,20-21,32H,13-17H2,1-4H3/t18?,20-,21+,26-. The number of aliphatic hydroxyl groups is 1. The highest BCUT2D eigenvalue weighted by Crippen LogP contribution is 2.49. The molecule has 1 N–H and O–H groups in total. The van der Waals surface area contributed by atoms with E-state index in [1.165, 1.54) is 17.7 Å². The third-order valence-electron chi connectivity index (χ3n) is 7.46. The van der Waals surface area contributed by atoms with Crippen molar-refractivity contribution in [2.24, 2.45) is 11.8 Å². The van der Waals surface area contributed by atoms with E-state index < -0.39 is 17.3 Å². The largest absolute Gasteiger partial charge is 0.416 e. The molecule has 1 unspecified atom stereocenters. The van der Waals surface area contributed by atoms with Crippen LogP contribution in [0.3, 0.4) is 0 Å². The molecule has 32 heavy (non-hydrogen) atoms. The predicted octanol–water partition coefficient (Wildman–Crippen LogP) is 6.34. The number of hydrogen-bond acceptors (Lipinski definition) is 2. The number of nitrogens with zero attached hydrogens (tertiary/aromatic N) is 1. The lowest BCUT2D eigenvalue weighted by atomic mass is 9.84. The molecule has 174 valence electrons. The maximum atomic E-state index is 13.1. The van der Waals surface area contributed by atoms with Gasteiger partial charge in [-0.25, -0.2) is 0 Å². The first-order valence-electron chi connectivity index (χ1n) is 11.6. The molecule has 1 saturated carbocycles. The van der Waals surface area contributed by atoms with Gasteiger partial charge in [0.1, 0.15) is 0 Å². The number of rotatable bonds is 4. The number of alkyl halides is 3. The van der Waals surface area contributed by atoms with Crippen LogP contribution < -0.4 is 0 Å². The van der Waals surface area contributed by atoms with E-state index in [1.807, 2.05) is 6.92 Å². The lowest BCUT2D eigenvalue weighted by Gasteiger charge is -2.28. The van der Waals surface area contributed by atoms with Crippen LogP contribution in [0.25, 0.3) is 0 Å². The molecule has 1 saturated heterocycles. The zero-order valence-electron chi connectivity index (χ0n) is 19.4. The minimum absolute atomic E-state index is 0.0277. The van der Waals surface area contributed by atoms with E-state index in [-0.39, 0.29) is 11.3 Å². The number of fused-ring (bicyclic) bond motifs is 1. The molecular formula is C27H34F3NO. The Kier molecular flexibility index (Phi) is 5.96. The van der Waals surface area contributed by atoms with Crippen LogP contribution in [0.5, 0.6) is 0 Å². The summed E-state index contributed by atoms with van der Waals surface area (Å²) in [6.07, 6.45) is -2.81. The van der Waals surface area contributed by atoms with Gasteiger partial charge in [0.2, 0.25) is 0 Å². The van der Waals surface area contributed by atoms with Gasteiger partial charge < -0.3 is 10.0 Å². The van der Waals surface area contributed by atoms with Crippen molar-refractivity contribution in [2.45, 2.75) is 63.6 Å². The smallest absolute Gasteiger partial charge is 0.385 e. The Bertz CT molecular complexity index is 931. The van der Waals surface area contributed by atoms with E-state index in [9.17, 15) is 18.3 Å². The normalized spacial score (nSPS) is 27.5. The van der Waals surface area contributed by atoms with Crippen molar-refractivity contribution >= 4 is 0 Å². The Hall–Kier alpha value is -1.85. The van der Waals surface area contributed by atoms with Crippen LogP contribution in [-0.2, 0) is 17.2 Å². The van der Waals surface area contributed by atoms with E-state index in [1.54, 1.807) is 6.07 Å². The molecule has 5 heteroatoms. The topological polar surface area (TPSA) is 23.5 Å². The van der Waals surface area contributed by atoms with Crippen LogP contribution in [0.1, 0.15) is 68.7 Å². The molecule has 4 rings (SSSR count). The first-order valence-corrected chi connectivity index (χ1v) is 11.6. The van der Waals surface area contributed by atoms with E-state index >= 15 is 0 Å². The monoisotopic (exact) mass is 445 g/mol. The van der Waals surface area contributed by atoms with Crippen molar-refractivity contribution in [3.8, 4) is 0 Å². The number of hydrogen-bond donors (Lipinski definition) is 1. The Morgan fingerprint density at radius 3 is 2.09 bits per heavy atom. The summed E-state index contributed by atoms with van der Waals surface area (Å²) in [4.78, 5) is 2.36. The average molecular weight is 446 g/mol. The number of halogens is 3. The first kappa shape index (κ1) is 23.3. The second-order valence-corrected chi connectivity index (χ2v) is 11.0. The van der Waals surface area contributed by atoms with Gasteiger partial charge in [-0.1, -0.05) is 70.2 Å². The van der Waals surface area contributed by atoms with Crippen LogP contribution in [0.15, 0.2) is 48.5 Å². The fourth-order valence-electron chi connectivity index (χ4n) is 5.63. The van der Waals surface area contributed by atoms with E-state index in [4.69, 9.17) is 0 Å². The van der Waals surface area contributed by atoms with Gasteiger partial charge in [-0.15, -0.1) is 0 Å². The molecular weight excluding hydrogens is 411 g/mol. The van der Waals surface area contributed by atoms with Crippen LogP contribution in [0.4, 0.5) is 13.2 Å². The molecule has 2 aliphatic rings. The fraction of sp³-hybridized carbons (Fsp3) is 0.556. The molecule has 0 amide bonds. The average Bonchev–Trinajstić information content (AvgIpc) is 3.21. The molecule has 0 aromatic heterocycles. The first-order chi connectivity index (χ1) is 14.8. The molecule has 2 nitrogen and oxygen atoms in total. The molecule has 0 spiro atoms. The molecule has 1 aliphatic heterocycles. The minimum atomic E-state index is -4.31. The maximum Gasteiger partial charge on any atom is 0.416 e. The number of likely N-dealkylation sites (tertiary alicyclic amines) is 1. The molecule has 1 aliphatic carbocycles. The Labute approximate surface area is 189 Å². The second kappa shape index (κ2) is 8.18. The predicted molar refractivity (Wildman–Crippen MR) is 122 cm³/mol. The van der Waals surface area contributed by atoms with Gasteiger partial charge in [-0.3, -0.25) is 0 Å². The van der Waals surface area contributed by atoms with E-state index in [0.717, 1.165) is 49.7 Å². The van der Waals surface area contributed by atoms with Crippen molar-refractivity contribution in [2.75, 3.05) is 19.6 Å². The van der Waals surface area contributed by atoms with Crippen molar-refractivity contribution in [3.63, 3.8) is 0 Å². The van der Waals surface area contributed by atoms with Gasteiger partial charge in [0.05, 0.1) is 11.2 Å². The van der Waals surface area contributed by atoms with Crippen LogP contribution in [-0.4, -0.2) is 29.6 Å². The summed E-state index contributed by atoms with van der Waals surface area (Å²) in [5.74, 6) is 0.881. The lowest BCUT2D eigenvalue weighted by molar-refractivity contribution is -0.137. The fourth-order valence-corrected chi connectivity index (χ4v) is 5.63. The van der Waals surface area contributed by atoms with Gasteiger partial charge in [0, 0.05) is 19.6 Å². The van der Waals surface area contributed by atoms with Crippen molar-refractivity contribution in [1.29, 1.82) is 0 Å².